The van der Waals surface area contributed by atoms with Gasteiger partial charge in [-0.1, -0.05) is 19.1 Å². The topological polar surface area (TPSA) is 55.6 Å². The van der Waals surface area contributed by atoms with Crippen LogP contribution >= 0.6 is 0 Å². The Bertz CT molecular complexity index is 417. The average Bonchev–Trinajstić information content (AvgIpc) is 2.41. The molecule has 19 heavy (non-hydrogen) atoms. The quantitative estimate of drug-likeness (QED) is 0.910. The number of ether oxygens (including phenoxy) is 1. The predicted molar refractivity (Wildman–Crippen MR) is 75.2 cm³/mol. The maximum absolute atomic E-state index is 12.0. The number of nitrogens with zero attached hydrogens (tertiary/aromatic N) is 1. The summed E-state index contributed by atoms with van der Waals surface area (Å²) >= 11 is 0. The van der Waals surface area contributed by atoms with Gasteiger partial charge in [-0.3, -0.25) is 0 Å². The van der Waals surface area contributed by atoms with Gasteiger partial charge in [-0.15, -0.1) is 0 Å². The van der Waals surface area contributed by atoms with Gasteiger partial charge in [-0.25, -0.2) is 4.79 Å². The van der Waals surface area contributed by atoms with E-state index in [4.69, 9.17) is 10.5 Å². The second-order valence-corrected chi connectivity index (χ2v) is 5.24. The van der Waals surface area contributed by atoms with Crippen LogP contribution in [0.4, 0.5) is 4.79 Å². The van der Waals surface area contributed by atoms with Gasteiger partial charge in [0.2, 0.25) is 0 Å². The Labute approximate surface area is 114 Å². The molecule has 1 aromatic rings. The lowest BCUT2D eigenvalue weighted by Crippen LogP contribution is -2.40. The highest BCUT2D eigenvalue weighted by Crippen LogP contribution is 2.18. The molecule has 1 unspecified atom stereocenters. The zero-order valence-corrected chi connectivity index (χ0v) is 11.5. The highest BCUT2D eigenvalue weighted by molar-refractivity contribution is 5.70. The van der Waals surface area contributed by atoms with Crippen molar-refractivity contribution in [3.63, 3.8) is 0 Å². The highest BCUT2D eigenvalue weighted by atomic mass is 16.6. The summed E-state index contributed by atoms with van der Waals surface area (Å²) in [6, 6.07) is 7.56. The number of nitrogens with two attached hydrogens (primary N) is 1. The van der Waals surface area contributed by atoms with E-state index in [-0.39, 0.29) is 6.09 Å². The van der Waals surface area contributed by atoms with E-state index >= 15 is 0 Å². The number of likely N-dealkylation sites (tertiary alicyclic amines) is 1. The average molecular weight is 262 g/mol. The minimum atomic E-state index is -0.238. The molecular formula is C15H22N2O2. The molecule has 1 saturated heterocycles. The van der Waals surface area contributed by atoms with Crippen LogP contribution in [0, 0.1) is 5.92 Å². The van der Waals surface area contributed by atoms with Gasteiger partial charge >= 0.3 is 6.09 Å². The molecule has 2 rings (SSSR count). The molecule has 0 radical (unpaired) electrons. The number of hydrogen-bond donors (Lipinski definition) is 1. The van der Waals surface area contributed by atoms with Gasteiger partial charge in [0, 0.05) is 13.1 Å². The predicted octanol–water partition coefficient (Wildman–Crippen LogP) is 2.42. The number of carbonyl (C=O) groups excluding carboxylic acids is 1. The largest absolute Gasteiger partial charge is 0.415 e. The minimum absolute atomic E-state index is 0.238. The normalized spacial score (nSPS) is 19.3. The van der Waals surface area contributed by atoms with Crippen molar-refractivity contribution in [2.24, 2.45) is 11.7 Å². The van der Waals surface area contributed by atoms with Crippen molar-refractivity contribution >= 4 is 6.09 Å². The van der Waals surface area contributed by atoms with Crippen molar-refractivity contribution in [2.45, 2.75) is 26.2 Å². The summed E-state index contributed by atoms with van der Waals surface area (Å²) in [7, 11) is 0. The molecule has 1 aliphatic rings. The van der Waals surface area contributed by atoms with Crippen LogP contribution in [-0.2, 0) is 6.42 Å². The van der Waals surface area contributed by atoms with Crippen LogP contribution in [0.25, 0.3) is 0 Å². The molecule has 1 heterocycles. The number of piperidine rings is 1. The maximum atomic E-state index is 12.0. The Hall–Kier alpha value is -1.55. The summed E-state index contributed by atoms with van der Waals surface area (Å²) in [4.78, 5) is 13.8. The fraction of sp³-hybridized carbons (Fsp3) is 0.533. The van der Waals surface area contributed by atoms with Gasteiger partial charge in [0.1, 0.15) is 5.75 Å². The third-order valence-electron chi connectivity index (χ3n) is 3.48. The molecule has 2 N–H and O–H groups in total. The van der Waals surface area contributed by atoms with E-state index in [0.717, 1.165) is 31.5 Å². The van der Waals surface area contributed by atoms with Crippen LogP contribution in [0.2, 0.25) is 0 Å². The second-order valence-electron chi connectivity index (χ2n) is 5.24. The first kappa shape index (κ1) is 13.9. The van der Waals surface area contributed by atoms with Crippen LogP contribution in [-0.4, -0.2) is 30.6 Å². The SMILES string of the molecule is CC1CCCN(C(=O)Oc2ccc(CCN)cc2)C1. The molecule has 0 aliphatic carbocycles. The summed E-state index contributed by atoms with van der Waals surface area (Å²) < 4.78 is 5.39. The van der Waals surface area contributed by atoms with Crippen LogP contribution in [0.15, 0.2) is 24.3 Å². The zero-order chi connectivity index (χ0) is 13.7. The fourth-order valence-electron chi connectivity index (χ4n) is 2.41. The van der Waals surface area contributed by atoms with Gasteiger partial charge in [0.05, 0.1) is 0 Å². The summed E-state index contributed by atoms with van der Waals surface area (Å²) in [5.74, 6) is 1.16. The zero-order valence-electron chi connectivity index (χ0n) is 11.5. The monoisotopic (exact) mass is 262 g/mol. The molecule has 0 saturated carbocycles. The number of amides is 1. The first-order chi connectivity index (χ1) is 9.19. The van der Waals surface area contributed by atoms with E-state index in [1.54, 1.807) is 4.90 Å². The molecule has 0 bridgehead atoms. The molecule has 1 amide bonds. The molecule has 1 atom stereocenters. The van der Waals surface area contributed by atoms with Gasteiger partial charge < -0.3 is 15.4 Å². The molecule has 1 aliphatic heterocycles. The van der Waals surface area contributed by atoms with E-state index in [1.807, 2.05) is 24.3 Å². The Morgan fingerprint density at radius 2 is 2.16 bits per heavy atom. The Balaban J connectivity index is 1.90. The molecule has 0 aromatic heterocycles. The molecule has 4 nitrogen and oxygen atoms in total. The van der Waals surface area contributed by atoms with Crippen molar-refractivity contribution < 1.29 is 9.53 Å². The second kappa shape index (κ2) is 6.57. The Morgan fingerprint density at radius 1 is 1.42 bits per heavy atom. The maximum Gasteiger partial charge on any atom is 0.415 e. The van der Waals surface area contributed by atoms with Crippen molar-refractivity contribution in [3.8, 4) is 5.75 Å². The van der Waals surface area contributed by atoms with Crippen molar-refractivity contribution in [1.82, 2.24) is 4.90 Å². The lowest BCUT2D eigenvalue weighted by molar-refractivity contribution is 0.129. The van der Waals surface area contributed by atoms with E-state index in [0.29, 0.717) is 18.2 Å². The van der Waals surface area contributed by atoms with E-state index in [2.05, 4.69) is 6.92 Å². The summed E-state index contributed by atoms with van der Waals surface area (Å²) in [6.45, 7) is 4.39. The molecule has 104 valence electrons. The Morgan fingerprint density at radius 3 is 2.79 bits per heavy atom. The van der Waals surface area contributed by atoms with Crippen LogP contribution in [0.3, 0.4) is 0 Å². The molecule has 1 fully saturated rings. The number of carbonyl (C=O) groups is 1. The lowest BCUT2D eigenvalue weighted by atomic mass is 10.0. The fourth-order valence-corrected chi connectivity index (χ4v) is 2.41. The Kier molecular flexibility index (Phi) is 4.80. The van der Waals surface area contributed by atoms with Crippen molar-refractivity contribution in [3.05, 3.63) is 29.8 Å². The van der Waals surface area contributed by atoms with Crippen molar-refractivity contribution in [2.75, 3.05) is 19.6 Å². The highest BCUT2D eigenvalue weighted by Gasteiger charge is 2.22. The minimum Gasteiger partial charge on any atom is -0.410 e. The van der Waals surface area contributed by atoms with E-state index < -0.39 is 0 Å². The molecule has 0 spiro atoms. The van der Waals surface area contributed by atoms with E-state index in [9.17, 15) is 4.79 Å². The smallest absolute Gasteiger partial charge is 0.410 e. The van der Waals surface area contributed by atoms with Crippen LogP contribution in [0.1, 0.15) is 25.3 Å². The van der Waals surface area contributed by atoms with E-state index in [1.165, 1.54) is 6.42 Å². The third kappa shape index (κ3) is 3.96. The lowest BCUT2D eigenvalue weighted by Gasteiger charge is -2.29. The first-order valence-electron chi connectivity index (χ1n) is 6.95. The number of hydrogen-bond acceptors (Lipinski definition) is 3. The molecule has 1 aromatic carbocycles. The first-order valence-corrected chi connectivity index (χ1v) is 6.95. The summed E-state index contributed by atoms with van der Waals surface area (Å²) in [5, 5.41) is 0. The summed E-state index contributed by atoms with van der Waals surface area (Å²) in [6.07, 6.45) is 2.86. The molecule has 4 heteroatoms. The van der Waals surface area contributed by atoms with Gasteiger partial charge in [-0.2, -0.15) is 0 Å². The summed E-state index contributed by atoms with van der Waals surface area (Å²) in [5.41, 5.74) is 6.66. The van der Waals surface area contributed by atoms with Gasteiger partial charge in [0.25, 0.3) is 0 Å². The molecular weight excluding hydrogens is 240 g/mol. The van der Waals surface area contributed by atoms with Crippen LogP contribution in [0.5, 0.6) is 5.75 Å². The standard InChI is InChI=1S/C15H22N2O2/c1-12-3-2-10-17(11-12)15(18)19-14-6-4-13(5-7-14)8-9-16/h4-7,12H,2-3,8-11,16H2,1H3. The number of rotatable bonds is 3. The number of benzene rings is 1. The van der Waals surface area contributed by atoms with Crippen molar-refractivity contribution in [1.29, 1.82) is 0 Å². The van der Waals surface area contributed by atoms with Gasteiger partial charge in [-0.05, 0) is 49.4 Å². The van der Waals surface area contributed by atoms with Gasteiger partial charge in [0.15, 0.2) is 0 Å². The van der Waals surface area contributed by atoms with Crippen LogP contribution < -0.4 is 10.5 Å². The third-order valence-corrected chi connectivity index (χ3v) is 3.48.